The minimum Gasteiger partial charge on any atom is -0.463 e. The highest BCUT2D eigenvalue weighted by molar-refractivity contribution is 5.96. The van der Waals surface area contributed by atoms with Gasteiger partial charge in [-0.1, -0.05) is 29.8 Å². The zero-order valence-electron chi connectivity index (χ0n) is 19.2. The maximum atomic E-state index is 13.5. The smallest absolute Gasteiger partial charge is 0.331 e. The molecular weight excluding hydrogens is 406 g/mol. The second-order valence-corrected chi connectivity index (χ2v) is 9.32. The average Bonchev–Trinajstić information content (AvgIpc) is 3.34. The molecule has 3 aromatic heterocycles. The number of rotatable bonds is 2. The fourth-order valence-corrected chi connectivity index (χ4v) is 4.79. The summed E-state index contributed by atoms with van der Waals surface area (Å²) < 4.78 is 17.2. The van der Waals surface area contributed by atoms with Gasteiger partial charge in [0.1, 0.15) is 11.5 Å². The number of furan rings is 1. The van der Waals surface area contributed by atoms with Gasteiger partial charge in [-0.05, 0) is 45.4 Å². The Morgan fingerprint density at radius 3 is 2.28 bits per heavy atom. The van der Waals surface area contributed by atoms with Gasteiger partial charge in [-0.2, -0.15) is 0 Å². The summed E-state index contributed by atoms with van der Waals surface area (Å²) in [6, 6.07) is 11.9. The third-order valence-corrected chi connectivity index (χ3v) is 6.41. The Morgan fingerprint density at radius 2 is 1.66 bits per heavy atom. The van der Waals surface area contributed by atoms with Crippen molar-refractivity contribution >= 4 is 10.9 Å². The predicted molar refractivity (Wildman–Crippen MR) is 123 cm³/mol. The summed E-state index contributed by atoms with van der Waals surface area (Å²) in [5, 5.41) is 0.514. The van der Waals surface area contributed by atoms with Crippen LogP contribution in [-0.2, 0) is 24.4 Å². The number of fused-ring (bicyclic) bond motifs is 3. The summed E-state index contributed by atoms with van der Waals surface area (Å²) in [6.07, 6.45) is -0.531. The molecule has 0 fully saturated rings. The van der Waals surface area contributed by atoms with Crippen molar-refractivity contribution in [1.82, 2.24) is 13.7 Å². The van der Waals surface area contributed by atoms with Crippen molar-refractivity contribution in [1.29, 1.82) is 0 Å². The molecule has 166 valence electrons. The zero-order chi connectivity index (χ0) is 22.9. The molecule has 32 heavy (non-hydrogen) atoms. The van der Waals surface area contributed by atoms with Gasteiger partial charge >= 0.3 is 5.69 Å². The van der Waals surface area contributed by atoms with E-state index < -0.39 is 11.6 Å². The lowest BCUT2D eigenvalue weighted by atomic mass is 10.00. The third-order valence-electron chi connectivity index (χ3n) is 6.41. The Bertz CT molecular complexity index is 1480. The van der Waals surface area contributed by atoms with E-state index in [-0.39, 0.29) is 11.2 Å². The second kappa shape index (κ2) is 6.84. The zero-order valence-corrected chi connectivity index (χ0v) is 19.2. The molecule has 0 unspecified atom stereocenters. The number of aryl methyl sites for hydroxylation is 3. The number of hydrogen-bond donors (Lipinski definition) is 0. The maximum Gasteiger partial charge on any atom is 0.331 e. The molecular formula is C25H27N3O4. The molecule has 0 N–H and O–H groups in total. The van der Waals surface area contributed by atoms with Crippen molar-refractivity contribution in [3.05, 3.63) is 80.0 Å². The molecule has 0 amide bonds. The van der Waals surface area contributed by atoms with Crippen LogP contribution in [0.2, 0.25) is 0 Å². The Hall–Kier alpha value is -3.32. The first-order valence-electron chi connectivity index (χ1n) is 10.7. The molecule has 1 aromatic carbocycles. The fraction of sp³-hybridized carbons (Fsp3) is 0.360. The van der Waals surface area contributed by atoms with Gasteiger partial charge in [0.05, 0.1) is 34.4 Å². The van der Waals surface area contributed by atoms with Crippen LogP contribution in [-0.4, -0.2) is 20.3 Å². The lowest BCUT2D eigenvalue weighted by Gasteiger charge is -2.38. The van der Waals surface area contributed by atoms with Gasteiger partial charge in [-0.3, -0.25) is 13.9 Å². The summed E-state index contributed by atoms with van der Waals surface area (Å²) in [4.78, 5) is 26.5. The maximum absolute atomic E-state index is 13.5. The van der Waals surface area contributed by atoms with Crippen molar-refractivity contribution in [2.75, 3.05) is 6.61 Å². The third kappa shape index (κ3) is 2.77. The van der Waals surface area contributed by atoms with E-state index in [0.717, 1.165) is 28.3 Å². The van der Waals surface area contributed by atoms with E-state index in [4.69, 9.17) is 9.15 Å². The lowest BCUT2D eigenvalue weighted by molar-refractivity contribution is -0.0166. The molecule has 7 nitrogen and oxygen atoms in total. The molecule has 0 saturated carbocycles. The van der Waals surface area contributed by atoms with Gasteiger partial charge in [0.25, 0.3) is 5.56 Å². The van der Waals surface area contributed by atoms with E-state index in [0.29, 0.717) is 23.3 Å². The van der Waals surface area contributed by atoms with Gasteiger partial charge in [-0.15, -0.1) is 0 Å². The van der Waals surface area contributed by atoms with Crippen LogP contribution in [0.3, 0.4) is 0 Å². The summed E-state index contributed by atoms with van der Waals surface area (Å²) >= 11 is 0. The lowest BCUT2D eigenvalue weighted by Crippen LogP contribution is -2.40. The van der Waals surface area contributed by atoms with Gasteiger partial charge in [0.15, 0.2) is 6.10 Å². The Balaban J connectivity index is 2.02. The predicted octanol–water partition coefficient (Wildman–Crippen LogP) is 3.77. The molecule has 7 heteroatoms. The standard InChI is InChI=1S/C25H27N3O4/c1-14-7-10-16(11-8-14)19-18-20(26(5)24(30)27(6)23(18)29)21-22(17-12-9-15(2)32-17)31-13-25(3,4)28(19)21/h7-12,22H,13H2,1-6H3/t22-/m0/s1. The van der Waals surface area contributed by atoms with Crippen LogP contribution in [0.4, 0.5) is 0 Å². The molecule has 1 aliphatic rings. The first-order valence-corrected chi connectivity index (χ1v) is 10.7. The van der Waals surface area contributed by atoms with Crippen LogP contribution in [0.5, 0.6) is 0 Å². The molecule has 5 rings (SSSR count). The number of ether oxygens (including phenoxy) is 1. The highest BCUT2D eigenvalue weighted by atomic mass is 16.5. The normalized spacial score (nSPS) is 17.6. The first-order chi connectivity index (χ1) is 15.1. The van der Waals surface area contributed by atoms with Crippen LogP contribution in [0, 0.1) is 13.8 Å². The Labute approximate surface area is 185 Å². The molecule has 1 aliphatic heterocycles. The second-order valence-electron chi connectivity index (χ2n) is 9.32. The SMILES string of the molecule is Cc1ccc(-c2c3c(=O)n(C)c(=O)n(C)c3c3n2C(C)(C)CO[C@H]3c2ccc(C)o2)cc1. The van der Waals surface area contributed by atoms with Crippen LogP contribution in [0.25, 0.3) is 22.2 Å². The van der Waals surface area contributed by atoms with Crippen molar-refractivity contribution in [3.63, 3.8) is 0 Å². The molecule has 0 spiro atoms. The van der Waals surface area contributed by atoms with E-state index in [2.05, 4.69) is 18.4 Å². The number of benzene rings is 1. The monoisotopic (exact) mass is 433 g/mol. The van der Waals surface area contributed by atoms with Gasteiger partial charge in [0, 0.05) is 14.1 Å². The number of hydrogen-bond acceptors (Lipinski definition) is 4. The van der Waals surface area contributed by atoms with Crippen LogP contribution < -0.4 is 11.2 Å². The van der Waals surface area contributed by atoms with E-state index in [1.807, 2.05) is 50.2 Å². The summed E-state index contributed by atoms with van der Waals surface area (Å²) in [6.45, 7) is 8.51. The quantitative estimate of drug-likeness (QED) is 0.483. The van der Waals surface area contributed by atoms with E-state index >= 15 is 0 Å². The minimum absolute atomic E-state index is 0.314. The molecule has 0 aliphatic carbocycles. The largest absolute Gasteiger partial charge is 0.463 e. The Morgan fingerprint density at radius 1 is 0.969 bits per heavy atom. The van der Waals surface area contributed by atoms with E-state index in [9.17, 15) is 9.59 Å². The average molecular weight is 434 g/mol. The highest BCUT2D eigenvalue weighted by Crippen LogP contribution is 2.45. The van der Waals surface area contributed by atoms with Gasteiger partial charge in [-0.25, -0.2) is 4.79 Å². The summed E-state index contributed by atoms with van der Waals surface area (Å²) in [5.74, 6) is 1.43. The molecule has 1 atom stereocenters. The molecule has 4 aromatic rings. The summed E-state index contributed by atoms with van der Waals surface area (Å²) in [5.41, 5.74) is 3.07. The molecule has 0 radical (unpaired) electrons. The molecule has 4 heterocycles. The van der Waals surface area contributed by atoms with Crippen molar-refractivity contribution in [2.45, 2.75) is 39.3 Å². The van der Waals surface area contributed by atoms with Crippen molar-refractivity contribution in [2.24, 2.45) is 14.1 Å². The molecule has 0 bridgehead atoms. The minimum atomic E-state index is -0.531. The van der Waals surface area contributed by atoms with Gasteiger partial charge in [0.2, 0.25) is 0 Å². The molecule has 0 saturated heterocycles. The van der Waals surface area contributed by atoms with E-state index in [1.54, 1.807) is 11.6 Å². The van der Waals surface area contributed by atoms with Crippen LogP contribution in [0.15, 0.2) is 50.4 Å². The first kappa shape index (κ1) is 20.6. The summed E-state index contributed by atoms with van der Waals surface area (Å²) in [7, 11) is 3.23. The van der Waals surface area contributed by atoms with Crippen LogP contribution in [0.1, 0.15) is 42.7 Å². The van der Waals surface area contributed by atoms with Crippen molar-refractivity contribution < 1.29 is 9.15 Å². The number of nitrogens with zero attached hydrogens (tertiary/aromatic N) is 3. The van der Waals surface area contributed by atoms with Crippen LogP contribution >= 0.6 is 0 Å². The number of aromatic nitrogens is 3. The Kier molecular flexibility index (Phi) is 4.40. The van der Waals surface area contributed by atoms with Crippen molar-refractivity contribution in [3.8, 4) is 11.3 Å². The topological polar surface area (TPSA) is 71.3 Å². The highest BCUT2D eigenvalue weighted by Gasteiger charge is 2.41. The van der Waals surface area contributed by atoms with Gasteiger partial charge < -0.3 is 13.7 Å². The van der Waals surface area contributed by atoms with E-state index in [1.165, 1.54) is 11.6 Å². The fourth-order valence-electron chi connectivity index (χ4n) is 4.79.